The first-order valence-corrected chi connectivity index (χ1v) is 1.98. The molecule has 0 saturated carbocycles. The third-order valence-electron chi connectivity index (χ3n) is 0.399. The molecule has 8 heavy (non-hydrogen) atoms. The van der Waals surface area contributed by atoms with Gasteiger partial charge < -0.3 is 10.5 Å². The molecule has 3 nitrogen and oxygen atoms in total. The Morgan fingerprint density at radius 1 is 2.00 bits per heavy atom. The van der Waals surface area contributed by atoms with Crippen molar-refractivity contribution < 1.29 is 15.4 Å². The molecule has 0 aliphatic heterocycles. The number of carboxylic acid groups (broad SMARTS) is 1. The first-order valence-electron chi connectivity index (χ1n) is 3.98. The number of hydrogen-bond donors (Lipinski definition) is 2. The molecule has 0 fully saturated rings. The van der Waals surface area contributed by atoms with Crippen molar-refractivity contribution in [3.8, 4) is 0 Å². The summed E-state index contributed by atoms with van der Waals surface area (Å²) in [5.41, 5.74) is 0. The molecule has 0 unspecified atom stereocenters. The highest BCUT2D eigenvalue weighted by Crippen LogP contribution is 1.90. The number of carbonyl (C=O) groups is 1. The van der Waals surface area contributed by atoms with Gasteiger partial charge in [0.1, 0.15) is 0 Å². The summed E-state index contributed by atoms with van der Waals surface area (Å²) in [6, 6.07) is 0. The molecule has 3 heteroatoms. The summed E-state index contributed by atoms with van der Waals surface area (Å²) in [4.78, 5) is 10.3. The molecule has 0 aromatic heterocycles. The van der Waals surface area contributed by atoms with E-state index in [9.17, 15) is 4.79 Å². The summed E-state index contributed by atoms with van der Waals surface area (Å²) in [5, 5.41) is 14.9. The van der Waals surface area contributed by atoms with Crippen LogP contribution in [0.4, 0.5) is 0 Å². The highest BCUT2D eigenvalue weighted by Gasteiger charge is 1.92. The third kappa shape index (κ3) is 5.14. The van der Waals surface area contributed by atoms with Crippen molar-refractivity contribution >= 4 is 12.2 Å². The maximum atomic E-state index is 10.3. The molecule has 0 aliphatic rings. The monoisotopic (exact) mass is 119 g/mol. The zero-order valence-electron chi connectivity index (χ0n) is 8.14. The Kier molecular flexibility index (Phi) is 1.41. The molecule has 0 aromatic rings. The van der Waals surface area contributed by atoms with Crippen LogP contribution in [0.1, 0.15) is 24.6 Å². The Hall–Kier alpha value is -0.860. The molecule has 0 bridgehead atoms. The van der Waals surface area contributed by atoms with Crippen molar-refractivity contribution in [3.63, 3.8) is 0 Å². The second-order valence-corrected chi connectivity index (χ2v) is 1.02. The van der Waals surface area contributed by atoms with Gasteiger partial charge >= 0.3 is 5.97 Å². The average Bonchev–Trinajstić information content (AvgIpc) is 1.86. The molecular formula is C5H9NO2. The van der Waals surface area contributed by atoms with E-state index in [0.29, 0.717) is 6.21 Å². The summed E-state index contributed by atoms with van der Waals surface area (Å²) in [7, 11) is 0. The van der Waals surface area contributed by atoms with Crippen LogP contribution in [-0.4, -0.2) is 17.3 Å². The molecule has 0 aromatic carbocycles. The van der Waals surface area contributed by atoms with Crippen LogP contribution in [0.2, 0.25) is 0 Å². The summed E-state index contributed by atoms with van der Waals surface area (Å²) >= 11 is 0. The van der Waals surface area contributed by atoms with Gasteiger partial charge in [0, 0.05) is 11.9 Å². The van der Waals surface area contributed by atoms with Gasteiger partial charge in [0.2, 0.25) is 0 Å². The van der Waals surface area contributed by atoms with Crippen LogP contribution in [0.3, 0.4) is 0 Å². The van der Waals surface area contributed by atoms with Crippen LogP contribution in [0.15, 0.2) is 0 Å². The van der Waals surface area contributed by atoms with Crippen molar-refractivity contribution in [2.24, 2.45) is 0 Å². The SMILES string of the molecule is [2H]C([2H])(CC=N)C([2H])([2H])C(=O)O. The molecule has 0 amide bonds. The largest absolute Gasteiger partial charge is 0.481 e. The van der Waals surface area contributed by atoms with Crippen molar-refractivity contribution in [2.75, 3.05) is 0 Å². The Labute approximate surface area is 53.5 Å². The first kappa shape index (κ1) is 2.62. The summed E-state index contributed by atoms with van der Waals surface area (Å²) < 4.78 is 27.8. The molecule has 0 aliphatic carbocycles. The topological polar surface area (TPSA) is 61.2 Å². The van der Waals surface area contributed by atoms with E-state index in [1.165, 1.54) is 0 Å². The van der Waals surface area contributed by atoms with E-state index in [0.717, 1.165) is 0 Å². The minimum atomic E-state index is -2.95. The standard InChI is InChI=1S/C5H9NO2/c6-4-2-1-3-5(7)8/h4,6H,1-3H2,(H,7,8)/i1D2,3D2. The predicted octanol–water partition coefficient (Wildman–Crippen LogP) is 0.891. The molecule has 0 radical (unpaired) electrons. The number of rotatable bonds is 4. The molecular weight excluding hydrogens is 106 g/mol. The third-order valence-corrected chi connectivity index (χ3v) is 0.399. The molecule has 0 saturated heterocycles. The lowest BCUT2D eigenvalue weighted by atomic mass is 10.2. The minimum absolute atomic E-state index is 0.549. The summed E-state index contributed by atoms with van der Waals surface area (Å²) in [6.07, 6.45) is -5.39. The average molecular weight is 119 g/mol. The Morgan fingerprint density at radius 3 is 3.00 bits per heavy atom. The molecule has 0 rings (SSSR count). The lowest BCUT2D eigenvalue weighted by Gasteiger charge is -1.86. The first-order chi connectivity index (χ1) is 5.25. The van der Waals surface area contributed by atoms with Gasteiger partial charge in [0.05, 0.1) is 0 Å². The fourth-order valence-electron chi connectivity index (χ4n) is 0.178. The van der Waals surface area contributed by atoms with Crippen molar-refractivity contribution in [1.82, 2.24) is 0 Å². The lowest BCUT2D eigenvalue weighted by Crippen LogP contribution is -1.93. The van der Waals surface area contributed by atoms with E-state index in [4.69, 9.17) is 16.0 Å². The van der Waals surface area contributed by atoms with E-state index in [1.54, 1.807) is 0 Å². The smallest absolute Gasteiger partial charge is 0.303 e. The molecule has 46 valence electrons. The van der Waals surface area contributed by atoms with Gasteiger partial charge in [-0.05, 0) is 19.0 Å². The van der Waals surface area contributed by atoms with E-state index in [1.807, 2.05) is 0 Å². The number of nitrogens with one attached hydrogen (secondary N) is 1. The Morgan fingerprint density at radius 2 is 2.62 bits per heavy atom. The molecule has 0 atom stereocenters. The van der Waals surface area contributed by atoms with Crippen molar-refractivity contribution in [3.05, 3.63) is 0 Å². The maximum absolute atomic E-state index is 10.3. The quantitative estimate of drug-likeness (QED) is 0.540. The van der Waals surface area contributed by atoms with E-state index >= 15 is 0 Å². The number of carboxylic acids is 1. The summed E-state index contributed by atoms with van der Waals surface area (Å²) in [5.74, 6) is -1.85. The normalized spacial score (nSPS) is 19.5. The van der Waals surface area contributed by atoms with E-state index in [2.05, 4.69) is 0 Å². The second-order valence-electron chi connectivity index (χ2n) is 1.02. The number of hydrogen-bond acceptors (Lipinski definition) is 2. The Balaban J connectivity index is 4.73. The predicted molar refractivity (Wildman–Crippen MR) is 30.3 cm³/mol. The maximum Gasteiger partial charge on any atom is 0.303 e. The highest BCUT2D eigenvalue weighted by atomic mass is 16.4. The summed E-state index contributed by atoms with van der Waals surface area (Å²) in [6.45, 7) is 0. The van der Waals surface area contributed by atoms with E-state index < -0.39 is 25.1 Å². The van der Waals surface area contributed by atoms with Crippen molar-refractivity contribution in [1.29, 1.82) is 5.41 Å². The second kappa shape index (κ2) is 4.30. The van der Waals surface area contributed by atoms with Crippen LogP contribution in [-0.2, 0) is 4.79 Å². The zero-order chi connectivity index (χ0) is 9.99. The Bertz CT molecular complexity index is 204. The zero-order valence-corrected chi connectivity index (χ0v) is 4.14. The van der Waals surface area contributed by atoms with Crippen LogP contribution in [0.5, 0.6) is 0 Å². The molecule has 2 N–H and O–H groups in total. The van der Waals surface area contributed by atoms with Gasteiger partial charge in [-0.3, -0.25) is 4.79 Å². The van der Waals surface area contributed by atoms with Gasteiger partial charge in [-0.15, -0.1) is 0 Å². The molecule has 0 spiro atoms. The van der Waals surface area contributed by atoms with Gasteiger partial charge in [-0.1, -0.05) is 0 Å². The van der Waals surface area contributed by atoms with Crippen molar-refractivity contribution in [2.45, 2.75) is 19.2 Å². The van der Waals surface area contributed by atoms with Gasteiger partial charge in [-0.2, -0.15) is 0 Å². The molecule has 0 heterocycles. The van der Waals surface area contributed by atoms with Crippen LogP contribution in [0, 0.1) is 5.41 Å². The van der Waals surface area contributed by atoms with Gasteiger partial charge in [0.15, 0.2) is 0 Å². The van der Waals surface area contributed by atoms with Crippen LogP contribution < -0.4 is 0 Å². The lowest BCUT2D eigenvalue weighted by molar-refractivity contribution is -0.137. The minimum Gasteiger partial charge on any atom is -0.481 e. The van der Waals surface area contributed by atoms with E-state index in [-0.39, 0.29) is 0 Å². The number of aliphatic carboxylic acids is 1. The van der Waals surface area contributed by atoms with Crippen LogP contribution >= 0.6 is 0 Å². The fourth-order valence-corrected chi connectivity index (χ4v) is 0.178. The van der Waals surface area contributed by atoms with Gasteiger partial charge in [0.25, 0.3) is 0 Å². The van der Waals surface area contributed by atoms with Gasteiger partial charge in [-0.25, -0.2) is 0 Å². The fraction of sp³-hybridized carbons (Fsp3) is 0.600. The van der Waals surface area contributed by atoms with Crippen LogP contribution in [0.25, 0.3) is 0 Å². The highest BCUT2D eigenvalue weighted by molar-refractivity contribution is 5.67.